The number of nitrogens with zero attached hydrogens (tertiary/aromatic N) is 1. The van der Waals surface area contributed by atoms with Crippen molar-refractivity contribution in [1.29, 1.82) is 0 Å². The van der Waals surface area contributed by atoms with Crippen LogP contribution >= 0.6 is 0 Å². The maximum absolute atomic E-state index is 12.9. The molecule has 4 heteroatoms. The van der Waals surface area contributed by atoms with Gasteiger partial charge in [0.25, 0.3) is 0 Å². The van der Waals surface area contributed by atoms with Gasteiger partial charge in [0.15, 0.2) is 12.4 Å². The minimum atomic E-state index is -0.474. The molecule has 1 saturated carbocycles. The van der Waals surface area contributed by atoms with Gasteiger partial charge in [0.05, 0.1) is 11.1 Å². The number of benzene rings is 2. The minimum Gasteiger partial charge on any atom is -0.454 e. The lowest BCUT2D eigenvalue weighted by Crippen LogP contribution is -2.16. The number of ether oxygens (including phenoxy) is 1. The largest absolute Gasteiger partial charge is 0.454 e. The van der Waals surface area contributed by atoms with E-state index < -0.39 is 5.97 Å². The molecule has 1 aliphatic rings. The molecule has 1 aromatic heterocycles. The van der Waals surface area contributed by atoms with Gasteiger partial charge in [0, 0.05) is 16.6 Å². The average molecular weight is 416 g/mol. The monoisotopic (exact) mass is 415 g/mol. The van der Waals surface area contributed by atoms with Gasteiger partial charge in [-0.05, 0) is 49.3 Å². The summed E-state index contributed by atoms with van der Waals surface area (Å²) < 4.78 is 5.46. The number of Topliss-reactive ketones (excluding diaryl/α,β-unsaturated/α-hetero) is 1. The number of hydrogen-bond donors (Lipinski definition) is 0. The van der Waals surface area contributed by atoms with E-state index in [9.17, 15) is 9.59 Å². The summed E-state index contributed by atoms with van der Waals surface area (Å²) >= 11 is 0. The Balaban J connectivity index is 1.47. The number of fused-ring (bicyclic) bond motifs is 1. The number of hydrogen-bond acceptors (Lipinski definition) is 4. The summed E-state index contributed by atoms with van der Waals surface area (Å²) in [7, 11) is 0. The highest BCUT2D eigenvalue weighted by molar-refractivity contribution is 6.06. The second-order valence-electron chi connectivity index (χ2n) is 8.39. The molecule has 160 valence electrons. The van der Waals surface area contributed by atoms with Crippen LogP contribution in [0.3, 0.4) is 0 Å². The third kappa shape index (κ3) is 4.53. The van der Waals surface area contributed by atoms with Crippen molar-refractivity contribution in [2.24, 2.45) is 0 Å². The van der Waals surface area contributed by atoms with Crippen molar-refractivity contribution in [2.45, 2.75) is 58.3 Å². The predicted octanol–water partition coefficient (Wildman–Crippen LogP) is 6.19. The Bertz CT molecular complexity index is 1100. The van der Waals surface area contributed by atoms with Crippen molar-refractivity contribution in [1.82, 2.24) is 4.98 Å². The molecule has 31 heavy (non-hydrogen) atoms. The third-order valence-corrected chi connectivity index (χ3v) is 6.42. The zero-order valence-corrected chi connectivity index (χ0v) is 18.3. The topological polar surface area (TPSA) is 56.3 Å². The quantitative estimate of drug-likeness (QED) is 0.356. The fourth-order valence-electron chi connectivity index (χ4n) is 4.63. The summed E-state index contributed by atoms with van der Waals surface area (Å²) in [5.74, 6) is -0.0558. The van der Waals surface area contributed by atoms with E-state index in [1.54, 1.807) is 0 Å². The normalized spacial score (nSPS) is 14.5. The Labute approximate surface area is 183 Å². The SMILES string of the molecule is CCc1nc2ccccc2c(C(=O)OCC(=O)c2ccc(C3CCCCC3)cc2)c1C. The number of para-hydroxylation sites is 1. The Morgan fingerprint density at radius 1 is 1.00 bits per heavy atom. The van der Waals surface area contributed by atoms with E-state index in [1.807, 2.05) is 50.2 Å². The third-order valence-electron chi connectivity index (χ3n) is 6.42. The van der Waals surface area contributed by atoms with Crippen LogP contribution < -0.4 is 0 Å². The van der Waals surface area contributed by atoms with Gasteiger partial charge in [-0.3, -0.25) is 9.78 Å². The molecular formula is C27H29NO3. The lowest BCUT2D eigenvalue weighted by Gasteiger charge is -2.22. The maximum Gasteiger partial charge on any atom is 0.339 e. The first-order chi connectivity index (χ1) is 15.1. The minimum absolute atomic E-state index is 0.185. The maximum atomic E-state index is 12.9. The highest BCUT2D eigenvalue weighted by Gasteiger charge is 2.20. The van der Waals surface area contributed by atoms with Crippen LogP contribution in [0.4, 0.5) is 0 Å². The van der Waals surface area contributed by atoms with Crippen LogP contribution in [0.5, 0.6) is 0 Å². The number of aryl methyl sites for hydroxylation is 1. The van der Waals surface area contributed by atoms with Crippen molar-refractivity contribution >= 4 is 22.7 Å². The number of aromatic nitrogens is 1. The standard InChI is InChI=1S/C27H29NO3/c1-3-23-18(2)26(22-11-7-8-12-24(22)28-23)27(30)31-17-25(29)21-15-13-20(14-16-21)19-9-5-4-6-10-19/h7-8,11-16,19H,3-6,9-10,17H2,1-2H3. The summed E-state index contributed by atoms with van der Waals surface area (Å²) in [5.41, 5.74) is 4.84. The van der Waals surface area contributed by atoms with E-state index in [-0.39, 0.29) is 12.4 Å². The molecule has 0 unspecified atom stereocenters. The van der Waals surface area contributed by atoms with Crippen LogP contribution in [-0.4, -0.2) is 23.3 Å². The number of ketones is 1. The van der Waals surface area contributed by atoms with E-state index >= 15 is 0 Å². The van der Waals surface area contributed by atoms with Gasteiger partial charge in [0.2, 0.25) is 0 Å². The summed E-state index contributed by atoms with van der Waals surface area (Å²) in [4.78, 5) is 30.2. The van der Waals surface area contributed by atoms with Gasteiger partial charge < -0.3 is 4.74 Å². The number of carbonyl (C=O) groups is 2. The molecule has 0 saturated heterocycles. The van der Waals surface area contributed by atoms with E-state index in [1.165, 1.54) is 37.7 Å². The van der Waals surface area contributed by atoms with Gasteiger partial charge in [-0.1, -0.05) is 68.7 Å². The zero-order valence-electron chi connectivity index (χ0n) is 18.3. The second-order valence-corrected chi connectivity index (χ2v) is 8.39. The Morgan fingerprint density at radius 3 is 2.42 bits per heavy atom. The Kier molecular flexibility index (Phi) is 6.45. The van der Waals surface area contributed by atoms with Gasteiger partial charge in [-0.15, -0.1) is 0 Å². The van der Waals surface area contributed by atoms with Gasteiger partial charge >= 0.3 is 5.97 Å². The highest BCUT2D eigenvalue weighted by Crippen LogP contribution is 2.32. The molecule has 1 fully saturated rings. The first-order valence-electron chi connectivity index (χ1n) is 11.3. The lowest BCUT2D eigenvalue weighted by atomic mass is 9.84. The smallest absolute Gasteiger partial charge is 0.339 e. The lowest BCUT2D eigenvalue weighted by molar-refractivity contribution is 0.0476. The van der Waals surface area contributed by atoms with Crippen molar-refractivity contribution in [3.05, 3.63) is 76.5 Å². The van der Waals surface area contributed by atoms with E-state index in [4.69, 9.17) is 4.74 Å². The van der Waals surface area contributed by atoms with E-state index in [0.29, 0.717) is 17.0 Å². The molecule has 0 spiro atoms. The molecule has 0 bridgehead atoms. The molecule has 4 nitrogen and oxygen atoms in total. The van der Waals surface area contributed by atoms with Crippen LogP contribution in [0.1, 0.15) is 82.5 Å². The van der Waals surface area contributed by atoms with Gasteiger partial charge in [-0.2, -0.15) is 0 Å². The number of pyridine rings is 1. The van der Waals surface area contributed by atoms with Crippen molar-refractivity contribution in [3.63, 3.8) is 0 Å². The van der Waals surface area contributed by atoms with Crippen LogP contribution in [-0.2, 0) is 11.2 Å². The highest BCUT2D eigenvalue weighted by atomic mass is 16.5. The Hall–Kier alpha value is -3.01. The molecule has 0 amide bonds. The first-order valence-corrected chi connectivity index (χ1v) is 11.3. The number of carbonyl (C=O) groups excluding carboxylic acids is 2. The fourth-order valence-corrected chi connectivity index (χ4v) is 4.63. The second kappa shape index (κ2) is 9.42. The van der Waals surface area contributed by atoms with E-state index in [2.05, 4.69) is 17.1 Å². The molecular weight excluding hydrogens is 386 g/mol. The van der Waals surface area contributed by atoms with Crippen LogP contribution in [0.25, 0.3) is 10.9 Å². The summed E-state index contributed by atoms with van der Waals surface area (Å²) in [6.45, 7) is 3.64. The first kappa shape index (κ1) is 21.2. The number of rotatable bonds is 6. The van der Waals surface area contributed by atoms with Crippen LogP contribution in [0.2, 0.25) is 0 Å². The van der Waals surface area contributed by atoms with Crippen LogP contribution in [0.15, 0.2) is 48.5 Å². The molecule has 2 aromatic carbocycles. The molecule has 1 heterocycles. The molecule has 1 aliphatic carbocycles. The zero-order chi connectivity index (χ0) is 21.8. The van der Waals surface area contributed by atoms with Gasteiger partial charge in [0.1, 0.15) is 0 Å². The van der Waals surface area contributed by atoms with Crippen LogP contribution in [0, 0.1) is 6.92 Å². The number of esters is 1. The molecule has 0 N–H and O–H groups in total. The van der Waals surface area contributed by atoms with Gasteiger partial charge in [-0.25, -0.2) is 4.79 Å². The molecule has 4 rings (SSSR count). The summed E-state index contributed by atoms with van der Waals surface area (Å²) in [6.07, 6.45) is 7.07. The Morgan fingerprint density at radius 2 is 1.71 bits per heavy atom. The summed E-state index contributed by atoms with van der Waals surface area (Å²) in [6, 6.07) is 15.4. The van der Waals surface area contributed by atoms with Crippen molar-refractivity contribution in [2.75, 3.05) is 6.61 Å². The average Bonchev–Trinajstić information content (AvgIpc) is 2.82. The molecule has 0 aliphatic heterocycles. The molecule has 0 radical (unpaired) electrons. The van der Waals surface area contributed by atoms with Crippen molar-refractivity contribution in [3.8, 4) is 0 Å². The fraction of sp³-hybridized carbons (Fsp3) is 0.370. The molecule has 3 aromatic rings. The van der Waals surface area contributed by atoms with E-state index in [0.717, 1.165) is 28.6 Å². The summed E-state index contributed by atoms with van der Waals surface area (Å²) in [5, 5.41) is 0.756. The predicted molar refractivity (Wildman–Crippen MR) is 123 cm³/mol. The molecule has 0 atom stereocenters. The van der Waals surface area contributed by atoms with Crippen molar-refractivity contribution < 1.29 is 14.3 Å².